The number of carbonyl (C=O) groups is 2. The van der Waals surface area contributed by atoms with Crippen LogP contribution in [0.2, 0.25) is 0 Å². The lowest BCUT2D eigenvalue weighted by Crippen LogP contribution is -2.38. The maximum atomic E-state index is 11.8. The maximum Gasteiger partial charge on any atom is 0.246 e. The molecule has 6 nitrogen and oxygen atoms in total. The first-order valence-electron chi connectivity index (χ1n) is 7.26. The van der Waals surface area contributed by atoms with Crippen LogP contribution in [-0.2, 0) is 9.59 Å². The molecule has 1 atom stereocenters. The van der Waals surface area contributed by atoms with Gasteiger partial charge in [-0.1, -0.05) is 6.07 Å². The van der Waals surface area contributed by atoms with Crippen molar-refractivity contribution < 1.29 is 9.59 Å². The van der Waals surface area contributed by atoms with E-state index >= 15 is 0 Å². The summed E-state index contributed by atoms with van der Waals surface area (Å²) in [5, 5.41) is 5.91. The number of benzene rings is 1. The summed E-state index contributed by atoms with van der Waals surface area (Å²) in [4.78, 5) is 25.3. The van der Waals surface area contributed by atoms with Crippen LogP contribution in [0.3, 0.4) is 0 Å². The molecule has 4 N–H and O–H groups in total. The molecule has 1 aromatic rings. The van der Waals surface area contributed by atoms with E-state index in [0.717, 1.165) is 42.9 Å². The molecule has 0 bridgehead atoms. The van der Waals surface area contributed by atoms with E-state index in [1.54, 1.807) is 7.05 Å². The predicted octanol–water partition coefficient (Wildman–Crippen LogP) is 0.601. The summed E-state index contributed by atoms with van der Waals surface area (Å²) in [5.74, 6) is -0.228. The number of nitrogens with two attached hydrogens (primary N) is 1. The molecule has 3 rings (SSSR count). The number of hydrogen-bond donors (Lipinski definition) is 3. The van der Waals surface area contributed by atoms with Crippen LogP contribution < -0.4 is 21.3 Å². The summed E-state index contributed by atoms with van der Waals surface area (Å²) in [6, 6.07) is 5.77. The second-order valence-corrected chi connectivity index (χ2v) is 5.65. The number of likely N-dealkylation sites (N-methyl/N-ethyl adjacent to an activating group) is 1. The number of carbonyl (C=O) groups excluding carboxylic acids is 2. The van der Waals surface area contributed by atoms with E-state index in [2.05, 4.69) is 15.5 Å². The van der Waals surface area contributed by atoms with E-state index in [0.29, 0.717) is 0 Å². The van der Waals surface area contributed by atoms with Gasteiger partial charge >= 0.3 is 0 Å². The van der Waals surface area contributed by atoms with Crippen LogP contribution in [0.5, 0.6) is 0 Å². The van der Waals surface area contributed by atoms with Crippen molar-refractivity contribution in [3.63, 3.8) is 0 Å². The highest BCUT2D eigenvalue weighted by atomic mass is 16.2. The summed E-state index contributed by atoms with van der Waals surface area (Å²) in [7, 11) is 1.78. The fraction of sp³-hybridized carbons (Fsp3) is 0.467. The molecule has 0 saturated carbocycles. The van der Waals surface area contributed by atoms with Crippen molar-refractivity contribution >= 4 is 23.2 Å². The smallest absolute Gasteiger partial charge is 0.246 e. The topological polar surface area (TPSA) is 87.5 Å². The van der Waals surface area contributed by atoms with Crippen LogP contribution >= 0.6 is 0 Å². The monoisotopic (exact) mass is 288 g/mol. The van der Waals surface area contributed by atoms with Crippen molar-refractivity contribution in [3.8, 4) is 0 Å². The zero-order valence-electron chi connectivity index (χ0n) is 12.1. The lowest BCUT2D eigenvalue weighted by molar-refractivity contribution is -0.122. The zero-order chi connectivity index (χ0) is 15.0. The minimum Gasteiger partial charge on any atom is -0.371 e. The van der Waals surface area contributed by atoms with Crippen LogP contribution in [0.1, 0.15) is 24.4 Å². The van der Waals surface area contributed by atoms with Gasteiger partial charge in [0.2, 0.25) is 11.8 Å². The van der Waals surface area contributed by atoms with E-state index in [1.165, 1.54) is 0 Å². The summed E-state index contributed by atoms with van der Waals surface area (Å²) < 4.78 is 0. The fourth-order valence-electron chi connectivity index (χ4n) is 3.16. The molecule has 1 unspecified atom stereocenters. The normalized spacial score (nSPS) is 22.0. The fourth-order valence-corrected chi connectivity index (χ4v) is 3.16. The standard InChI is InChI=1S/C15H20N4O2/c1-17-13-11-3-2-10(8-12(11)18-15(13)21)19-6-4-9(5-7-19)14(16)20/h2-3,8-9,13,17H,4-7H2,1H3,(H2,16,20)(H,18,21). The highest BCUT2D eigenvalue weighted by Crippen LogP contribution is 2.34. The summed E-state index contributed by atoms with van der Waals surface area (Å²) in [6.07, 6.45) is 1.58. The van der Waals surface area contributed by atoms with Crippen molar-refractivity contribution in [3.05, 3.63) is 23.8 Å². The molecule has 112 valence electrons. The van der Waals surface area contributed by atoms with Crippen LogP contribution in [0.15, 0.2) is 18.2 Å². The van der Waals surface area contributed by atoms with Crippen molar-refractivity contribution in [2.45, 2.75) is 18.9 Å². The molecule has 21 heavy (non-hydrogen) atoms. The molecule has 2 amide bonds. The Morgan fingerprint density at radius 1 is 1.38 bits per heavy atom. The first-order valence-corrected chi connectivity index (χ1v) is 7.26. The Morgan fingerprint density at radius 3 is 2.71 bits per heavy atom. The van der Waals surface area contributed by atoms with Gasteiger partial charge in [-0.25, -0.2) is 0 Å². The van der Waals surface area contributed by atoms with Gasteiger partial charge in [-0.05, 0) is 32.0 Å². The van der Waals surface area contributed by atoms with Gasteiger partial charge in [0.05, 0.1) is 0 Å². The second-order valence-electron chi connectivity index (χ2n) is 5.65. The van der Waals surface area contributed by atoms with E-state index in [1.807, 2.05) is 18.2 Å². The van der Waals surface area contributed by atoms with Crippen LogP contribution in [0.4, 0.5) is 11.4 Å². The molecule has 0 radical (unpaired) electrons. The Balaban J connectivity index is 1.76. The molecular weight excluding hydrogens is 268 g/mol. The van der Waals surface area contributed by atoms with Gasteiger partial charge in [0.1, 0.15) is 6.04 Å². The minimum absolute atomic E-state index is 0.0101. The van der Waals surface area contributed by atoms with Gasteiger partial charge in [0.15, 0.2) is 0 Å². The number of piperidine rings is 1. The Hall–Kier alpha value is -2.08. The molecule has 0 aliphatic carbocycles. The summed E-state index contributed by atoms with van der Waals surface area (Å²) in [5.41, 5.74) is 8.29. The maximum absolute atomic E-state index is 11.8. The molecule has 2 heterocycles. The number of nitrogens with one attached hydrogen (secondary N) is 2. The minimum atomic E-state index is -0.269. The quantitative estimate of drug-likeness (QED) is 0.760. The van der Waals surface area contributed by atoms with Gasteiger partial charge in [-0.3, -0.25) is 9.59 Å². The summed E-state index contributed by atoms with van der Waals surface area (Å²) >= 11 is 0. The van der Waals surface area contributed by atoms with E-state index in [9.17, 15) is 9.59 Å². The number of nitrogens with zero attached hydrogens (tertiary/aromatic N) is 1. The number of hydrogen-bond acceptors (Lipinski definition) is 4. The SMILES string of the molecule is CNC1C(=O)Nc2cc(N3CCC(C(N)=O)CC3)ccc21. The first kappa shape index (κ1) is 13.9. The number of anilines is 2. The molecule has 1 saturated heterocycles. The lowest BCUT2D eigenvalue weighted by atomic mass is 9.95. The van der Waals surface area contributed by atoms with E-state index < -0.39 is 0 Å². The van der Waals surface area contributed by atoms with Crippen molar-refractivity contribution in [2.24, 2.45) is 11.7 Å². The van der Waals surface area contributed by atoms with Gasteiger partial charge < -0.3 is 21.3 Å². The molecule has 2 aliphatic heterocycles. The molecular formula is C15H20N4O2. The van der Waals surface area contributed by atoms with Crippen LogP contribution in [0, 0.1) is 5.92 Å². The predicted molar refractivity (Wildman–Crippen MR) is 81.0 cm³/mol. The highest BCUT2D eigenvalue weighted by Gasteiger charge is 2.30. The highest BCUT2D eigenvalue weighted by molar-refractivity contribution is 6.03. The van der Waals surface area contributed by atoms with Crippen LogP contribution in [0.25, 0.3) is 0 Å². The van der Waals surface area contributed by atoms with Gasteiger partial charge in [-0.15, -0.1) is 0 Å². The molecule has 6 heteroatoms. The van der Waals surface area contributed by atoms with E-state index in [-0.39, 0.29) is 23.8 Å². The van der Waals surface area contributed by atoms with Gasteiger partial charge in [-0.2, -0.15) is 0 Å². The van der Waals surface area contributed by atoms with Crippen molar-refractivity contribution in [1.29, 1.82) is 0 Å². The van der Waals surface area contributed by atoms with Gasteiger partial charge in [0, 0.05) is 35.9 Å². The molecule has 2 aliphatic rings. The van der Waals surface area contributed by atoms with Crippen LogP contribution in [-0.4, -0.2) is 32.0 Å². The number of primary amides is 1. The first-order chi connectivity index (χ1) is 10.1. The Labute approximate surface area is 123 Å². The van der Waals surface area contributed by atoms with E-state index in [4.69, 9.17) is 5.73 Å². The Kier molecular flexibility index (Phi) is 3.55. The largest absolute Gasteiger partial charge is 0.371 e. The summed E-state index contributed by atoms with van der Waals surface area (Å²) in [6.45, 7) is 1.63. The van der Waals surface area contributed by atoms with Gasteiger partial charge in [0.25, 0.3) is 0 Å². The molecule has 0 spiro atoms. The molecule has 1 fully saturated rings. The number of rotatable bonds is 3. The van der Waals surface area contributed by atoms with Crippen molar-refractivity contribution in [2.75, 3.05) is 30.4 Å². The number of amides is 2. The Morgan fingerprint density at radius 2 is 2.10 bits per heavy atom. The third-order valence-corrected chi connectivity index (χ3v) is 4.42. The average molecular weight is 288 g/mol. The third-order valence-electron chi connectivity index (χ3n) is 4.42. The average Bonchev–Trinajstić information content (AvgIpc) is 2.81. The number of fused-ring (bicyclic) bond motifs is 1. The third kappa shape index (κ3) is 2.47. The van der Waals surface area contributed by atoms with Crippen molar-refractivity contribution in [1.82, 2.24) is 5.32 Å². The Bertz CT molecular complexity index is 579. The second kappa shape index (κ2) is 5.37. The lowest BCUT2D eigenvalue weighted by Gasteiger charge is -2.32. The molecule has 1 aromatic carbocycles. The molecule has 0 aromatic heterocycles. The zero-order valence-corrected chi connectivity index (χ0v) is 12.1.